The number of ketones is 1. The van der Waals surface area contributed by atoms with E-state index in [-0.39, 0.29) is 46.3 Å². The maximum absolute atomic E-state index is 12.6. The van der Waals surface area contributed by atoms with Crippen molar-refractivity contribution in [1.82, 2.24) is 10.4 Å². The largest absolute Gasteiger partial charge is 0.393 e. The molecule has 0 aliphatic carbocycles. The monoisotopic (exact) mass is 781 g/mol. The van der Waals surface area contributed by atoms with Crippen LogP contribution in [-0.4, -0.2) is 77.6 Å². The number of terminal acetylenes is 1. The van der Waals surface area contributed by atoms with Crippen LogP contribution in [0.4, 0.5) is 0 Å². The lowest BCUT2D eigenvalue weighted by Gasteiger charge is -2.57. The molecule has 6 N–H and O–H groups in total. The third kappa shape index (κ3) is 15.0. The van der Waals surface area contributed by atoms with Gasteiger partial charge in [0.05, 0.1) is 37.7 Å². The van der Waals surface area contributed by atoms with Gasteiger partial charge in [-0.2, -0.15) is 5.09 Å². The van der Waals surface area contributed by atoms with E-state index in [4.69, 9.17) is 6.42 Å². The number of carbonyl (C=O) groups is 2. The van der Waals surface area contributed by atoms with E-state index < -0.39 is 25.5 Å². The highest BCUT2D eigenvalue weighted by atomic mass is 31.2. The van der Waals surface area contributed by atoms with Gasteiger partial charge in [-0.25, -0.2) is 0 Å². The zero-order valence-corrected chi connectivity index (χ0v) is 38.6. The number of piperidine rings is 1. The zero-order valence-electron chi connectivity index (χ0n) is 37.7. The average molecular weight is 781 g/mol. The number of hydrogen-bond donors (Lipinski definition) is 5. The number of Topliss-reactive ketones (excluding diaryl/α,β-unsaturated/α-hetero) is 1. The molecule has 0 bridgehead atoms. The average Bonchev–Trinajstić information content (AvgIpc) is 3.37. The summed E-state index contributed by atoms with van der Waals surface area (Å²) >= 11 is 0. The molecule has 3 heterocycles. The summed E-state index contributed by atoms with van der Waals surface area (Å²) in [5, 5.41) is 30.5. The van der Waals surface area contributed by atoms with Gasteiger partial charge < -0.3 is 26.1 Å². The normalized spacial score (nSPS) is 27.8. The molecular formula is C46H91N3O4P+. The molecule has 0 amide bonds. The second kappa shape index (κ2) is 30.0. The fraction of sp³-hybridized carbons (Fsp3) is 0.870. The van der Waals surface area contributed by atoms with Crippen molar-refractivity contribution in [2.75, 3.05) is 26.3 Å². The van der Waals surface area contributed by atoms with Gasteiger partial charge in [0.2, 0.25) is 0 Å². The Bertz CT molecular complexity index is 1030. The van der Waals surface area contributed by atoms with E-state index in [1.54, 1.807) is 6.92 Å². The Hall–Kier alpha value is -1.13. The predicted octanol–water partition coefficient (Wildman–Crippen LogP) is 9.84. The SMILES string of the molecule is C#CCC[P+]12NC(CC(C)CCC)C(C(C)O)[C@]1(CCC)C[C@@H]2C(=C)C(C)C(O)[C@@H](C)[C@@H](CC)CC(=O)C(C)C=O.C1CCNCC1.CC.CCC.CN. The third-order valence-electron chi connectivity index (χ3n) is 12.3. The van der Waals surface area contributed by atoms with Crippen LogP contribution in [0.2, 0.25) is 0 Å². The van der Waals surface area contributed by atoms with E-state index in [9.17, 15) is 19.8 Å². The number of aldehydes is 1. The van der Waals surface area contributed by atoms with Gasteiger partial charge in [0.25, 0.3) is 0 Å². The van der Waals surface area contributed by atoms with E-state index in [0.29, 0.717) is 25.0 Å². The molecular weight excluding hydrogens is 689 g/mol. The number of fused-ring (bicyclic) bond motifs is 1. The van der Waals surface area contributed by atoms with Gasteiger partial charge in [0.15, 0.2) is 0 Å². The van der Waals surface area contributed by atoms with Gasteiger partial charge in [-0.05, 0) is 83.0 Å². The summed E-state index contributed by atoms with van der Waals surface area (Å²) in [4.78, 5) is 23.7. The fourth-order valence-corrected chi connectivity index (χ4v) is 16.0. The molecule has 3 rings (SSSR count). The van der Waals surface area contributed by atoms with Gasteiger partial charge >= 0.3 is 0 Å². The Labute approximate surface area is 336 Å². The molecule has 8 heteroatoms. The van der Waals surface area contributed by atoms with Crippen LogP contribution in [0.3, 0.4) is 0 Å². The molecule has 8 unspecified atom stereocenters. The van der Waals surface area contributed by atoms with E-state index in [1.165, 1.54) is 52.2 Å². The van der Waals surface area contributed by atoms with E-state index in [2.05, 4.69) is 77.1 Å². The molecule has 3 aliphatic heterocycles. The highest BCUT2D eigenvalue weighted by Gasteiger charge is 2.81. The summed E-state index contributed by atoms with van der Waals surface area (Å²) in [7, 11) is -0.353. The van der Waals surface area contributed by atoms with Crippen LogP contribution >= 0.6 is 7.41 Å². The highest BCUT2D eigenvalue weighted by Crippen LogP contribution is 2.88. The Kier molecular flexibility index (Phi) is 30.6. The molecule has 0 aromatic heterocycles. The molecule has 0 spiro atoms. The molecule has 3 aliphatic rings. The molecule has 3 fully saturated rings. The number of aliphatic hydroxyl groups is 2. The van der Waals surface area contributed by atoms with Crippen molar-refractivity contribution in [3.8, 4) is 12.3 Å². The summed E-state index contributed by atoms with van der Waals surface area (Å²) < 4.78 is 0. The summed E-state index contributed by atoms with van der Waals surface area (Å²) in [5.74, 6) is 2.84. The minimum absolute atomic E-state index is 0.00887. The lowest BCUT2D eigenvalue weighted by Crippen LogP contribution is -2.57. The first kappa shape index (κ1) is 55.0. The van der Waals surface area contributed by atoms with Crippen molar-refractivity contribution in [1.29, 1.82) is 0 Å². The molecule has 318 valence electrons. The van der Waals surface area contributed by atoms with Gasteiger partial charge in [-0.3, -0.25) is 4.79 Å². The first-order valence-corrected chi connectivity index (χ1v) is 24.2. The zero-order chi connectivity index (χ0) is 42.1. The van der Waals surface area contributed by atoms with Gasteiger partial charge in [0.1, 0.15) is 22.9 Å². The summed E-state index contributed by atoms with van der Waals surface area (Å²) in [6.45, 7) is 32.1. The second-order valence-corrected chi connectivity index (χ2v) is 20.2. The molecule has 0 saturated carbocycles. The maximum Gasteiger partial charge on any atom is 0.143 e. The van der Waals surface area contributed by atoms with E-state index >= 15 is 0 Å². The molecule has 7 nitrogen and oxygen atoms in total. The van der Waals surface area contributed by atoms with Crippen molar-refractivity contribution in [2.24, 2.45) is 41.2 Å². The quantitative estimate of drug-likeness (QED) is 0.0291. The first-order valence-electron chi connectivity index (χ1n) is 22.1. The van der Waals surface area contributed by atoms with Crippen LogP contribution < -0.4 is 16.1 Å². The van der Waals surface area contributed by atoms with Crippen LogP contribution in [0.25, 0.3) is 0 Å². The van der Waals surface area contributed by atoms with Crippen LogP contribution in [0.15, 0.2) is 12.2 Å². The lowest BCUT2D eigenvalue weighted by molar-refractivity contribution is -0.128. The highest BCUT2D eigenvalue weighted by molar-refractivity contribution is 7.78. The van der Waals surface area contributed by atoms with Gasteiger partial charge in [-0.15, -0.1) is 12.3 Å². The Morgan fingerprint density at radius 2 is 1.59 bits per heavy atom. The van der Waals surface area contributed by atoms with Crippen LogP contribution in [-0.2, 0) is 9.59 Å². The second-order valence-electron chi connectivity index (χ2n) is 16.2. The Morgan fingerprint density at radius 3 is 2.00 bits per heavy atom. The van der Waals surface area contributed by atoms with Crippen LogP contribution in [0, 0.1) is 47.9 Å². The number of nitrogens with two attached hydrogens (primary N) is 1. The summed E-state index contributed by atoms with van der Waals surface area (Å²) in [6.07, 6.45) is 20.3. The molecule has 3 saturated heterocycles. The third-order valence-corrected chi connectivity index (χ3v) is 17.9. The van der Waals surface area contributed by atoms with Crippen LogP contribution in [0.5, 0.6) is 0 Å². The number of hydrogen-bond acceptors (Lipinski definition) is 7. The number of carbonyl (C=O) groups excluding carboxylic acids is 2. The molecule has 12 atom stereocenters. The molecule has 0 radical (unpaired) electrons. The van der Waals surface area contributed by atoms with E-state index in [0.717, 1.165) is 50.3 Å². The fourth-order valence-electron chi connectivity index (χ4n) is 9.53. The smallest absolute Gasteiger partial charge is 0.143 e. The summed E-state index contributed by atoms with van der Waals surface area (Å²) in [6, 6.07) is 0.265. The number of rotatable bonds is 19. The lowest BCUT2D eigenvalue weighted by atomic mass is 9.71. The van der Waals surface area contributed by atoms with Gasteiger partial charge in [0, 0.05) is 31.1 Å². The minimum atomic E-state index is -1.85. The first-order chi connectivity index (χ1) is 25.7. The van der Waals surface area contributed by atoms with Crippen molar-refractivity contribution in [2.45, 2.75) is 196 Å². The predicted molar refractivity (Wildman–Crippen MR) is 238 cm³/mol. The molecule has 0 aromatic carbocycles. The van der Waals surface area contributed by atoms with Crippen LogP contribution in [0.1, 0.15) is 167 Å². The maximum atomic E-state index is 12.6. The van der Waals surface area contributed by atoms with Crippen molar-refractivity contribution in [3.63, 3.8) is 0 Å². The number of nitrogens with one attached hydrogen (secondary N) is 2. The topological polar surface area (TPSA) is 125 Å². The minimum Gasteiger partial charge on any atom is -0.393 e. The molecule has 54 heavy (non-hydrogen) atoms. The van der Waals surface area contributed by atoms with Crippen molar-refractivity contribution >= 4 is 19.5 Å². The van der Waals surface area contributed by atoms with Gasteiger partial charge in [-0.1, -0.05) is 114 Å². The molecule has 0 aromatic rings. The van der Waals surface area contributed by atoms with E-state index in [1.807, 2.05) is 27.7 Å². The Morgan fingerprint density at radius 1 is 1.02 bits per heavy atom. The number of aliphatic hydroxyl groups excluding tert-OH is 2. The standard InChI is InChI=1S/C35H61NO4P.C5H11N.C3H8.C2H6.CH5N/c1-11-15-18-41-32(25(7)26(8)34(40)27(9)29(14-4)20-31(39)24(6)22-37)21-35(41,17-13-3)33(28(10)38)30(36-41)19-23(5)16-12-2;1-2-4-6-5-3-1;1-3-2;2*1-2/h1,22-24,26-30,32-34,36,38,40H,7,12-21H2,2-6,8-10H3;6H,1-5H2;3H2,1-2H3;1-2H3;2H2,1H3/q+1;;;;/t23?,24?,26?,27-,28?,29-,30?,32+,33?,34?,35-,41?;;;;/m0..../s1. The Balaban J connectivity index is 0. The van der Waals surface area contributed by atoms with Crippen molar-refractivity contribution in [3.05, 3.63) is 12.2 Å². The van der Waals surface area contributed by atoms with Crippen molar-refractivity contribution < 1.29 is 19.8 Å². The summed E-state index contributed by atoms with van der Waals surface area (Å²) in [5.41, 5.74) is 5.87.